The van der Waals surface area contributed by atoms with Crippen LogP contribution < -0.4 is 10.6 Å². The molecular formula is C17H19ClN4O2. The van der Waals surface area contributed by atoms with Crippen LogP contribution >= 0.6 is 11.6 Å². The Labute approximate surface area is 145 Å². The maximum Gasteiger partial charge on any atom is 0.226 e. The van der Waals surface area contributed by atoms with Crippen molar-refractivity contribution in [3.8, 4) is 5.69 Å². The van der Waals surface area contributed by atoms with E-state index >= 15 is 0 Å². The Bertz CT molecular complexity index is 745. The van der Waals surface area contributed by atoms with E-state index in [2.05, 4.69) is 15.7 Å². The van der Waals surface area contributed by atoms with Crippen LogP contribution in [-0.2, 0) is 9.59 Å². The molecular weight excluding hydrogens is 328 g/mol. The molecule has 1 fully saturated rings. The molecule has 7 heteroatoms. The fraction of sp³-hybridized carbons (Fsp3) is 0.353. The van der Waals surface area contributed by atoms with Gasteiger partial charge in [0.25, 0.3) is 0 Å². The zero-order chi connectivity index (χ0) is 17.1. The quantitative estimate of drug-likeness (QED) is 0.844. The number of benzene rings is 1. The Balaban J connectivity index is 1.49. The van der Waals surface area contributed by atoms with Crippen molar-refractivity contribution in [2.75, 3.05) is 11.9 Å². The highest BCUT2D eigenvalue weighted by atomic mass is 35.5. The van der Waals surface area contributed by atoms with Gasteiger partial charge in [0, 0.05) is 37.0 Å². The standard InChI is InChI=1S/C17H19ClN4O2/c1-11-9-13(11)17(24)19-7-5-16(23)21-12-3-4-15(14(18)10-12)22-8-2-6-20-22/h2-4,6,8,10-11,13H,5,7,9H2,1H3,(H,19,24)(H,21,23)/t11-,13+/m0/s1. The highest BCUT2D eigenvalue weighted by molar-refractivity contribution is 6.32. The smallest absolute Gasteiger partial charge is 0.226 e. The van der Waals surface area contributed by atoms with Gasteiger partial charge >= 0.3 is 0 Å². The Morgan fingerprint density at radius 2 is 2.21 bits per heavy atom. The van der Waals surface area contributed by atoms with Crippen LogP contribution in [0.3, 0.4) is 0 Å². The number of carbonyl (C=O) groups is 2. The summed E-state index contributed by atoms with van der Waals surface area (Å²) in [5.74, 6) is 0.472. The first-order chi connectivity index (χ1) is 11.5. The number of amides is 2. The van der Waals surface area contributed by atoms with Crippen LogP contribution in [0.25, 0.3) is 5.69 Å². The summed E-state index contributed by atoms with van der Waals surface area (Å²) in [6.45, 7) is 2.39. The lowest BCUT2D eigenvalue weighted by atomic mass is 10.2. The Morgan fingerprint density at radius 1 is 1.42 bits per heavy atom. The van der Waals surface area contributed by atoms with Gasteiger partial charge in [0.1, 0.15) is 0 Å². The first-order valence-corrected chi connectivity index (χ1v) is 8.29. The SMILES string of the molecule is C[C@H]1C[C@H]1C(=O)NCCC(=O)Nc1ccc(-n2cccn2)c(Cl)c1. The summed E-state index contributed by atoms with van der Waals surface area (Å²) in [6.07, 6.45) is 4.63. The second kappa shape index (κ2) is 7.05. The molecule has 0 bridgehead atoms. The largest absolute Gasteiger partial charge is 0.355 e. The molecule has 126 valence electrons. The number of carbonyl (C=O) groups excluding carboxylic acids is 2. The zero-order valence-corrected chi connectivity index (χ0v) is 14.1. The Hall–Kier alpha value is -2.34. The molecule has 2 amide bonds. The van der Waals surface area contributed by atoms with E-state index < -0.39 is 0 Å². The van der Waals surface area contributed by atoms with Crippen LogP contribution in [-0.4, -0.2) is 28.1 Å². The molecule has 0 spiro atoms. The number of anilines is 1. The van der Waals surface area contributed by atoms with Crippen molar-refractivity contribution in [1.82, 2.24) is 15.1 Å². The summed E-state index contributed by atoms with van der Waals surface area (Å²) < 4.78 is 1.66. The third kappa shape index (κ3) is 3.94. The Morgan fingerprint density at radius 3 is 2.83 bits per heavy atom. The summed E-state index contributed by atoms with van der Waals surface area (Å²) in [7, 11) is 0. The molecule has 1 aliphatic rings. The maximum atomic E-state index is 11.9. The number of aromatic nitrogens is 2. The van der Waals surface area contributed by atoms with Gasteiger partial charge in [0.2, 0.25) is 11.8 Å². The van der Waals surface area contributed by atoms with Gasteiger partial charge in [-0.15, -0.1) is 0 Å². The molecule has 6 nitrogen and oxygen atoms in total. The molecule has 2 N–H and O–H groups in total. The fourth-order valence-corrected chi connectivity index (χ4v) is 2.79. The molecule has 0 radical (unpaired) electrons. The van der Waals surface area contributed by atoms with Crippen LogP contribution in [0.4, 0.5) is 5.69 Å². The lowest BCUT2D eigenvalue weighted by molar-refractivity contribution is -0.122. The second-order valence-electron chi connectivity index (χ2n) is 6.03. The minimum Gasteiger partial charge on any atom is -0.355 e. The van der Waals surface area contributed by atoms with Gasteiger partial charge in [-0.05, 0) is 36.6 Å². The van der Waals surface area contributed by atoms with Crippen molar-refractivity contribution in [3.05, 3.63) is 41.7 Å². The lowest BCUT2D eigenvalue weighted by Crippen LogP contribution is -2.29. The van der Waals surface area contributed by atoms with E-state index in [1.165, 1.54) is 0 Å². The van der Waals surface area contributed by atoms with Crippen LogP contribution in [0.1, 0.15) is 19.8 Å². The number of rotatable bonds is 6. The van der Waals surface area contributed by atoms with E-state index in [1.54, 1.807) is 35.3 Å². The second-order valence-corrected chi connectivity index (χ2v) is 6.43. The first-order valence-electron chi connectivity index (χ1n) is 7.91. The molecule has 1 aromatic carbocycles. The highest BCUT2D eigenvalue weighted by Crippen LogP contribution is 2.37. The van der Waals surface area contributed by atoms with Crippen molar-refractivity contribution >= 4 is 29.1 Å². The average molecular weight is 347 g/mol. The predicted molar refractivity (Wildman–Crippen MR) is 92.1 cm³/mol. The molecule has 0 saturated heterocycles. The number of hydrogen-bond donors (Lipinski definition) is 2. The number of nitrogens with zero attached hydrogens (tertiary/aromatic N) is 2. The topological polar surface area (TPSA) is 76.0 Å². The molecule has 2 atom stereocenters. The normalized spacial score (nSPS) is 18.9. The summed E-state index contributed by atoms with van der Waals surface area (Å²) in [5, 5.41) is 10.2. The van der Waals surface area contributed by atoms with Gasteiger partial charge in [-0.25, -0.2) is 4.68 Å². The fourth-order valence-electron chi connectivity index (χ4n) is 2.52. The van der Waals surface area contributed by atoms with Gasteiger partial charge in [0.15, 0.2) is 0 Å². The van der Waals surface area contributed by atoms with Gasteiger partial charge < -0.3 is 10.6 Å². The van der Waals surface area contributed by atoms with Crippen LogP contribution in [0, 0.1) is 11.8 Å². The minimum absolute atomic E-state index is 0.0434. The van der Waals surface area contributed by atoms with Crippen molar-refractivity contribution in [2.45, 2.75) is 19.8 Å². The van der Waals surface area contributed by atoms with E-state index in [0.717, 1.165) is 12.1 Å². The van der Waals surface area contributed by atoms with E-state index in [-0.39, 0.29) is 24.2 Å². The molecule has 1 aromatic heterocycles. The van der Waals surface area contributed by atoms with E-state index in [4.69, 9.17) is 11.6 Å². The lowest BCUT2D eigenvalue weighted by Gasteiger charge is -2.09. The summed E-state index contributed by atoms with van der Waals surface area (Å²) in [4.78, 5) is 23.6. The third-order valence-corrected chi connectivity index (χ3v) is 4.38. The predicted octanol–water partition coefficient (Wildman–Crippen LogP) is 2.63. The molecule has 2 aromatic rings. The van der Waals surface area contributed by atoms with Gasteiger partial charge in [-0.3, -0.25) is 9.59 Å². The molecule has 1 heterocycles. The highest BCUT2D eigenvalue weighted by Gasteiger charge is 2.38. The van der Waals surface area contributed by atoms with Gasteiger partial charge in [-0.2, -0.15) is 5.10 Å². The molecule has 3 rings (SSSR count). The maximum absolute atomic E-state index is 11.9. The van der Waals surface area contributed by atoms with Gasteiger partial charge in [0.05, 0.1) is 10.7 Å². The van der Waals surface area contributed by atoms with Crippen molar-refractivity contribution < 1.29 is 9.59 Å². The molecule has 0 unspecified atom stereocenters. The minimum atomic E-state index is -0.165. The van der Waals surface area contributed by atoms with E-state index in [0.29, 0.717) is 23.2 Å². The summed E-state index contributed by atoms with van der Waals surface area (Å²) in [6, 6.07) is 7.05. The van der Waals surface area contributed by atoms with Crippen molar-refractivity contribution in [2.24, 2.45) is 11.8 Å². The monoisotopic (exact) mass is 346 g/mol. The zero-order valence-electron chi connectivity index (χ0n) is 13.3. The number of nitrogens with one attached hydrogen (secondary N) is 2. The van der Waals surface area contributed by atoms with Crippen LogP contribution in [0.2, 0.25) is 5.02 Å². The van der Waals surface area contributed by atoms with E-state index in [9.17, 15) is 9.59 Å². The van der Waals surface area contributed by atoms with Crippen LogP contribution in [0.15, 0.2) is 36.7 Å². The van der Waals surface area contributed by atoms with Gasteiger partial charge in [-0.1, -0.05) is 18.5 Å². The Kier molecular flexibility index (Phi) is 4.85. The number of halogens is 1. The molecule has 1 saturated carbocycles. The summed E-state index contributed by atoms with van der Waals surface area (Å²) >= 11 is 6.24. The van der Waals surface area contributed by atoms with Crippen LogP contribution in [0.5, 0.6) is 0 Å². The third-order valence-electron chi connectivity index (χ3n) is 4.08. The summed E-state index contributed by atoms with van der Waals surface area (Å²) in [5.41, 5.74) is 1.36. The first kappa shape index (κ1) is 16.5. The average Bonchev–Trinajstić information content (AvgIpc) is 3.05. The molecule has 1 aliphatic carbocycles. The van der Waals surface area contributed by atoms with Crippen molar-refractivity contribution in [1.29, 1.82) is 0 Å². The number of hydrogen-bond acceptors (Lipinski definition) is 3. The van der Waals surface area contributed by atoms with E-state index in [1.807, 2.05) is 13.0 Å². The van der Waals surface area contributed by atoms with Crippen molar-refractivity contribution in [3.63, 3.8) is 0 Å². The molecule has 0 aliphatic heterocycles. The molecule has 24 heavy (non-hydrogen) atoms.